The van der Waals surface area contributed by atoms with Gasteiger partial charge in [-0.3, -0.25) is 14.9 Å². The van der Waals surface area contributed by atoms with E-state index in [0.29, 0.717) is 11.9 Å². The first kappa shape index (κ1) is 16.5. The van der Waals surface area contributed by atoms with Crippen LogP contribution in [0.1, 0.15) is 51.4 Å². The highest BCUT2D eigenvalue weighted by atomic mass is 16.2. The summed E-state index contributed by atoms with van der Waals surface area (Å²) < 4.78 is 1.53. The van der Waals surface area contributed by atoms with Crippen molar-refractivity contribution in [2.24, 2.45) is 17.8 Å². The fourth-order valence-corrected chi connectivity index (χ4v) is 4.76. The minimum Gasteiger partial charge on any atom is -0.341 e. The van der Waals surface area contributed by atoms with Crippen LogP contribution in [0.25, 0.3) is 0 Å². The molecule has 1 aromatic heterocycles. The van der Waals surface area contributed by atoms with Gasteiger partial charge in [0.15, 0.2) is 0 Å². The first-order chi connectivity index (χ1) is 12.2. The summed E-state index contributed by atoms with van der Waals surface area (Å²) in [4.78, 5) is 30.9. The fraction of sp³-hybridized carbons (Fsp3) is 0.778. The number of aromatic nitrogens is 3. The lowest BCUT2D eigenvalue weighted by molar-refractivity contribution is -0.132. The molecule has 25 heavy (non-hydrogen) atoms. The second kappa shape index (κ2) is 7.14. The van der Waals surface area contributed by atoms with Gasteiger partial charge in [0.1, 0.15) is 12.9 Å². The Bertz CT molecular complexity index is 635. The maximum Gasteiger partial charge on any atom is 0.248 e. The molecule has 3 fully saturated rings. The molecule has 2 aliphatic carbocycles. The molecule has 4 rings (SSSR count). The summed E-state index contributed by atoms with van der Waals surface area (Å²) in [6.07, 6.45) is 10.7. The van der Waals surface area contributed by atoms with Gasteiger partial charge < -0.3 is 4.90 Å². The monoisotopic (exact) mass is 345 g/mol. The van der Waals surface area contributed by atoms with Gasteiger partial charge in [0.2, 0.25) is 17.8 Å². The van der Waals surface area contributed by atoms with Crippen molar-refractivity contribution in [3.05, 3.63) is 6.33 Å². The Morgan fingerprint density at radius 1 is 1.12 bits per heavy atom. The summed E-state index contributed by atoms with van der Waals surface area (Å²) in [5.41, 5.74) is 0. The van der Waals surface area contributed by atoms with E-state index in [1.165, 1.54) is 43.1 Å². The third-order valence-corrected chi connectivity index (χ3v) is 6.10. The summed E-state index contributed by atoms with van der Waals surface area (Å²) >= 11 is 0. The molecule has 0 unspecified atom stereocenters. The number of hydrogen-bond donors (Lipinski definition) is 1. The number of carbonyl (C=O) groups excluding carboxylic acids is 2. The number of anilines is 1. The van der Waals surface area contributed by atoms with E-state index in [-0.39, 0.29) is 24.3 Å². The summed E-state index contributed by atoms with van der Waals surface area (Å²) in [7, 11) is 0. The minimum atomic E-state index is 0.0452. The second-order valence-corrected chi connectivity index (χ2v) is 7.83. The highest BCUT2D eigenvalue weighted by molar-refractivity contribution is 5.91. The highest BCUT2D eigenvalue weighted by Gasteiger charge is 2.43. The van der Waals surface area contributed by atoms with Gasteiger partial charge in [-0.15, -0.1) is 5.10 Å². The molecule has 1 aliphatic heterocycles. The van der Waals surface area contributed by atoms with Crippen LogP contribution in [0.5, 0.6) is 0 Å². The molecule has 2 heterocycles. The number of carbonyl (C=O) groups is 2. The van der Waals surface area contributed by atoms with Crippen LogP contribution in [0.15, 0.2) is 6.33 Å². The number of fused-ring (bicyclic) bond motifs is 2. The number of rotatable bonds is 4. The molecule has 7 nitrogen and oxygen atoms in total. The molecular formula is C18H27N5O2. The first-order valence-electron chi connectivity index (χ1n) is 9.67. The topological polar surface area (TPSA) is 80.1 Å². The predicted molar refractivity (Wildman–Crippen MR) is 92.6 cm³/mol. The normalized spacial score (nSPS) is 28.8. The van der Waals surface area contributed by atoms with Crippen molar-refractivity contribution in [2.45, 2.75) is 57.9 Å². The van der Waals surface area contributed by atoms with Crippen LogP contribution in [0, 0.1) is 17.8 Å². The Balaban J connectivity index is 1.31. The average Bonchev–Trinajstić information content (AvgIpc) is 3.28. The third-order valence-electron chi connectivity index (χ3n) is 6.10. The van der Waals surface area contributed by atoms with E-state index in [4.69, 9.17) is 0 Å². The smallest absolute Gasteiger partial charge is 0.248 e. The van der Waals surface area contributed by atoms with Gasteiger partial charge in [0.25, 0.3) is 0 Å². The number of amides is 2. The van der Waals surface area contributed by atoms with Crippen molar-refractivity contribution in [3.63, 3.8) is 0 Å². The zero-order valence-corrected chi connectivity index (χ0v) is 14.7. The van der Waals surface area contributed by atoms with Crippen molar-refractivity contribution in [1.82, 2.24) is 19.7 Å². The molecule has 136 valence electrons. The van der Waals surface area contributed by atoms with E-state index in [1.54, 1.807) is 0 Å². The van der Waals surface area contributed by atoms with Crippen LogP contribution in [0.3, 0.4) is 0 Å². The van der Waals surface area contributed by atoms with Crippen LogP contribution in [-0.4, -0.2) is 44.6 Å². The molecule has 3 atom stereocenters. The lowest BCUT2D eigenvalue weighted by Gasteiger charge is -2.20. The van der Waals surface area contributed by atoms with Crippen molar-refractivity contribution < 1.29 is 9.59 Å². The summed E-state index contributed by atoms with van der Waals surface area (Å²) in [6, 6.07) is 0. The van der Waals surface area contributed by atoms with Gasteiger partial charge in [-0.05, 0) is 43.9 Å². The van der Waals surface area contributed by atoms with E-state index < -0.39 is 0 Å². The zero-order chi connectivity index (χ0) is 17.2. The Kier molecular flexibility index (Phi) is 4.72. The molecule has 1 saturated heterocycles. The zero-order valence-electron chi connectivity index (χ0n) is 14.7. The molecule has 2 saturated carbocycles. The van der Waals surface area contributed by atoms with Crippen molar-refractivity contribution >= 4 is 17.8 Å². The van der Waals surface area contributed by atoms with Crippen LogP contribution in [-0.2, 0) is 16.1 Å². The Morgan fingerprint density at radius 2 is 1.92 bits per heavy atom. The second-order valence-electron chi connectivity index (χ2n) is 7.83. The Hall–Kier alpha value is -1.92. The molecule has 7 heteroatoms. The molecule has 1 aromatic rings. The number of hydrogen-bond acceptors (Lipinski definition) is 4. The molecule has 0 aromatic carbocycles. The number of nitrogens with zero attached hydrogens (tertiary/aromatic N) is 4. The van der Waals surface area contributed by atoms with E-state index in [9.17, 15) is 9.59 Å². The molecule has 2 amide bonds. The van der Waals surface area contributed by atoms with Crippen LogP contribution in [0.2, 0.25) is 0 Å². The quantitative estimate of drug-likeness (QED) is 0.906. The van der Waals surface area contributed by atoms with Crippen LogP contribution in [0.4, 0.5) is 5.95 Å². The Morgan fingerprint density at radius 3 is 2.60 bits per heavy atom. The minimum absolute atomic E-state index is 0.0452. The number of nitrogens with one attached hydrogen (secondary N) is 1. The largest absolute Gasteiger partial charge is 0.341 e. The van der Waals surface area contributed by atoms with E-state index in [2.05, 4.69) is 15.4 Å². The average molecular weight is 345 g/mol. The van der Waals surface area contributed by atoms with Crippen molar-refractivity contribution in [3.8, 4) is 0 Å². The lowest BCUT2D eigenvalue weighted by atomic mass is 9.88. The molecule has 1 N–H and O–H groups in total. The van der Waals surface area contributed by atoms with Crippen LogP contribution < -0.4 is 5.32 Å². The maximum absolute atomic E-state index is 12.4. The summed E-state index contributed by atoms with van der Waals surface area (Å²) in [5.74, 6) is 1.83. The molecule has 0 spiro atoms. The van der Waals surface area contributed by atoms with Crippen molar-refractivity contribution in [2.75, 3.05) is 18.4 Å². The summed E-state index contributed by atoms with van der Waals surface area (Å²) in [5, 5.41) is 7.11. The molecule has 3 aliphatic rings. The van der Waals surface area contributed by atoms with E-state index >= 15 is 0 Å². The fourth-order valence-electron chi connectivity index (χ4n) is 4.76. The Labute approximate surface area is 148 Å². The lowest BCUT2D eigenvalue weighted by Crippen LogP contribution is -2.34. The van der Waals surface area contributed by atoms with Gasteiger partial charge in [-0.25, -0.2) is 9.67 Å². The van der Waals surface area contributed by atoms with Crippen molar-refractivity contribution in [1.29, 1.82) is 0 Å². The third kappa shape index (κ3) is 3.70. The number of likely N-dealkylation sites (tertiary alicyclic amines) is 1. The van der Waals surface area contributed by atoms with E-state index in [1.807, 2.05) is 4.90 Å². The summed E-state index contributed by atoms with van der Waals surface area (Å²) in [6.45, 7) is 1.86. The molecule has 0 radical (unpaired) electrons. The standard InChI is InChI=1S/C18H27N5O2/c24-16(22-7-3-1-2-4-8-22)11-23-12-19-18(21-23)20-17(25)15-10-13-5-6-14(15)9-13/h12-15H,1-11H2,(H,20,21,25)/t13-,14-,15+/m0/s1. The molecular weight excluding hydrogens is 318 g/mol. The van der Waals surface area contributed by atoms with Gasteiger partial charge in [-0.2, -0.15) is 0 Å². The van der Waals surface area contributed by atoms with Gasteiger partial charge in [0.05, 0.1) is 0 Å². The van der Waals surface area contributed by atoms with E-state index in [0.717, 1.165) is 38.3 Å². The molecule has 2 bridgehead atoms. The van der Waals surface area contributed by atoms with Gasteiger partial charge in [-0.1, -0.05) is 19.3 Å². The first-order valence-corrected chi connectivity index (χ1v) is 9.67. The highest BCUT2D eigenvalue weighted by Crippen LogP contribution is 2.48. The van der Waals surface area contributed by atoms with Crippen LogP contribution >= 0.6 is 0 Å². The predicted octanol–water partition coefficient (Wildman–Crippen LogP) is 2.06. The van der Waals surface area contributed by atoms with Gasteiger partial charge >= 0.3 is 0 Å². The SMILES string of the molecule is O=C(Nc1ncn(CC(=O)N2CCCCCC2)n1)[C@@H]1C[C@H]2CC[C@H]1C2. The maximum atomic E-state index is 12.4. The van der Waals surface area contributed by atoms with Gasteiger partial charge in [0, 0.05) is 19.0 Å².